The topological polar surface area (TPSA) is 92.7 Å². The molecule has 0 aliphatic heterocycles. The first-order valence-corrected chi connectivity index (χ1v) is 13.3. The fourth-order valence-electron chi connectivity index (χ4n) is 4.21. The van der Waals surface area contributed by atoms with Crippen molar-refractivity contribution in [2.75, 3.05) is 6.61 Å². The summed E-state index contributed by atoms with van der Waals surface area (Å²) < 4.78 is 55.2. The molecular formula is C25H29F3NO5P. The quantitative estimate of drug-likeness (QED) is 0.333. The maximum Gasteiger partial charge on any atom is 0.412 e. The zero-order valence-electron chi connectivity index (χ0n) is 19.1. The predicted octanol–water partition coefficient (Wildman–Crippen LogP) is 5.33. The number of aliphatic hydroxyl groups excluding tert-OH is 1. The third kappa shape index (κ3) is 7.75. The molecule has 1 fully saturated rings. The van der Waals surface area contributed by atoms with Gasteiger partial charge in [0, 0.05) is 5.92 Å². The van der Waals surface area contributed by atoms with Gasteiger partial charge in [0.25, 0.3) is 7.37 Å². The van der Waals surface area contributed by atoms with E-state index in [1.165, 1.54) is 0 Å². The van der Waals surface area contributed by atoms with Crippen LogP contribution in [0.5, 0.6) is 0 Å². The summed E-state index contributed by atoms with van der Waals surface area (Å²) >= 11 is 0. The Hall–Kier alpha value is -2.48. The Morgan fingerprint density at radius 2 is 1.66 bits per heavy atom. The van der Waals surface area contributed by atoms with E-state index < -0.39 is 32.0 Å². The number of nitrogens with one attached hydrogen (secondary N) is 1. The predicted molar refractivity (Wildman–Crippen MR) is 126 cm³/mol. The van der Waals surface area contributed by atoms with Crippen LogP contribution in [0.3, 0.4) is 0 Å². The summed E-state index contributed by atoms with van der Waals surface area (Å²) in [7, 11) is -4.79. The van der Waals surface area contributed by atoms with E-state index in [-0.39, 0.29) is 24.3 Å². The van der Waals surface area contributed by atoms with Crippen molar-refractivity contribution in [1.29, 1.82) is 0 Å². The van der Waals surface area contributed by atoms with Gasteiger partial charge in [-0.05, 0) is 36.0 Å². The average Bonchev–Trinajstić information content (AvgIpc) is 2.87. The van der Waals surface area contributed by atoms with Gasteiger partial charge in [0.2, 0.25) is 11.9 Å². The summed E-state index contributed by atoms with van der Waals surface area (Å²) in [4.78, 5) is 24.4. The van der Waals surface area contributed by atoms with E-state index in [1.54, 1.807) is 12.1 Å². The number of aliphatic hydroxyl groups is 1. The summed E-state index contributed by atoms with van der Waals surface area (Å²) in [5.41, 5.74) is 2.53. The van der Waals surface area contributed by atoms with Crippen molar-refractivity contribution < 1.29 is 37.0 Å². The molecule has 3 unspecified atom stereocenters. The number of carbonyl (C=O) groups is 2. The van der Waals surface area contributed by atoms with Gasteiger partial charge >= 0.3 is 6.18 Å². The molecule has 0 bridgehead atoms. The second-order valence-electron chi connectivity index (χ2n) is 8.77. The number of halogens is 3. The first-order chi connectivity index (χ1) is 16.6. The van der Waals surface area contributed by atoms with E-state index in [4.69, 9.17) is 0 Å². The molecule has 0 spiro atoms. The lowest BCUT2D eigenvalue weighted by Gasteiger charge is -2.30. The Morgan fingerprint density at radius 3 is 2.23 bits per heavy atom. The van der Waals surface area contributed by atoms with Gasteiger partial charge in [0.15, 0.2) is 12.5 Å². The minimum atomic E-state index is -4.84. The van der Waals surface area contributed by atoms with E-state index in [0.717, 1.165) is 30.4 Å². The Kier molecular flexibility index (Phi) is 9.27. The highest BCUT2D eigenvalue weighted by Gasteiger charge is 2.43. The molecule has 3 rings (SSSR count). The Morgan fingerprint density at radius 1 is 1.06 bits per heavy atom. The smallest absolute Gasteiger partial charge is 0.380 e. The molecular weight excluding hydrogens is 482 g/mol. The Labute approximate surface area is 202 Å². The molecule has 1 aliphatic rings. The molecule has 1 amide bonds. The molecule has 35 heavy (non-hydrogen) atoms. The molecule has 2 aromatic rings. The number of alkyl halides is 3. The van der Waals surface area contributed by atoms with Crippen LogP contribution in [-0.2, 0) is 25.1 Å². The van der Waals surface area contributed by atoms with E-state index >= 15 is 0 Å². The van der Waals surface area contributed by atoms with Crippen LogP contribution in [0.15, 0.2) is 54.6 Å². The summed E-state index contributed by atoms with van der Waals surface area (Å²) in [5, 5.41) is 13.4. The van der Waals surface area contributed by atoms with Gasteiger partial charge in [-0.1, -0.05) is 73.9 Å². The van der Waals surface area contributed by atoms with Gasteiger partial charge in [-0.3, -0.25) is 14.2 Å². The number of hydrogen-bond donors (Lipinski definition) is 2. The molecule has 190 valence electrons. The van der Waals surface area contributed by atoms with Crippen molar-refractivity contribution in [3.63, 3.8) is 0 Å². The van der Waals surface area contributed by atoms with Crippen LogP contribution in [0, 0.1) is 5.92 Å². The third-order valence-corrected chi connectivity index (χ3v) is 8.05. The van der Waals surface area contributed by atoms with E-state index in [0.29, 0.717) is 18.4 Å². The molecule has 1 aliphatic carbocycles. The lowest BCUT2D eigenvalue weighted by molar-refractivity contribution is -0.153. The third-order valence-electron chi connectivity index (χ3n) is 6.13. The largest absolute Gasteiger partial charge is 0.412 e. The molecule has 3 atom stereocenters. The molecule has 2 N–H and O–H groups in total. The maximum atomic E-state index is 12.9. The molecule has 0 radical (unpaired) electrons. The van der Waals surface area contributed by atoms with Crippen LogP contribution in [-0.4, -0.2) is 41.7 Å². The molecule has 0 aromatic heterocycles. The monoisotopic (exact) mass is 511 g/mol. The molecule has 1 saturated carbocycles. The molecule has 10 heteroatoms. The first kappa shape index (κ1) is 27.1. The minimum Gasteiger partial charge on any atom is -0.380 e. The van der Waals surface area contributed by atoms with Crippen LogP contribution in [0.4, 0.5) is 13.2 Å². The first-order valence-electron chi connectivity index (χ1n) is 11.5. The Bertz CT molecular complexity index is 1020. The summed E-state index contributed by atoms with van der Waals surface area (Å²) in [6, 6.07) is 15.2. The number of benzene rings is 2. The van der Waals surface area contributed by atoms with Gasteiger partial charge in [-0.15, -0.1) is 0 Å². The highest BCUT2D eigenvalue weighted by Crippen LogP contribution is 2.50. The van der Waals surface area contributed by atoms with E-state index in [1.807, 2.05) is 42.5 Å². The van der Waals surface area contributed by atoms with Crippen molar-refractivity contribution in [2.45, 2.75) is 56.6 Å². The number of hydrogen-bond acceptors (Lipinski definition) is 5. The highest BCUT2D eigenvalue weighted by molar-refractivity contribution is 7.74. The van der Waals surface area contributed by atoms with E-state index in [9.17, 15) is 32.4 Å². The Balaban J connectivity index is 1.81. The molecule has 6 nitrogen and oxygen atoms in total. The van der Waals surface area contributed by atoms with Crippen molar-refractivity contribution in [3.8, 4) is 11.1 Å². The van der Waals surface area contributed by atoms with Gasteiger partial charge in [-0.2, -0.15) is 13.2 Å². The van der Waals surface area contributed by atoms with Gasteiger partial charge in [-0.25, -0.2) is 0 Å². The maximum absolute atomic E-state index is 12.9. The van der Waals surface area contributed by atoms with Crippen molar-refractivity contribution >= 4 is 19.3 Å². The average molecular weight is 511 g/mol. The van der Waals surface area contributed by atoms with Crippen LogP contribution < -0.4 is 5.32 Å². The second-order valence-corrected chi connectivity index (χ2v) is 11.1. The van der Waals surface area contributed by atoms with Crippen LogP contribution >= 0.6 is 7.37 Å². The molecule has 0 saturated heterocycles. The number of amides is 1. The lowest BCUT2D eigenvalue weighted by Crippen LogP contribution is -2.47. The SMILES string of the molecule is O=CP(=O)(OCC(F)(F)F)C(O)C(Cc1ccc(-c2ccccc2)cc1)NC(=O)C1CCCCC1. The fourth-order valence-corrected chi connectivity index (χ4v) is 5.58. The van der Waals surface area contributed by atoms with Crippen molar-refractivity contribution in [2.24, 2.45) is 5.92 Å². The summed E-state index contributed by atoms with van der Waals surface area (Å²) in [6.45, 7) is -1.95. The normalized spacial score (nSPS) is 18.3. The van der Waals surface area contributed by atoms with Gasteiger partial charge in [0.05, 0.1) is 6.04 Å². The number of carbonyl (C=O) groups excluding carboxylic acids is 2. The lowest BCUT2D eigenvalue weighted by atomic mass is 9.88. The van der Waals surface area contributed by atoms with Crippen LogP contribution in [0.25, 0.3) is 11.1 Å². The summed E-state index contributed by atoms with van der Waals surface area (Å²) in [6.07, 6.45) is -0.849. The zero-order chi connectivity index (χ0) is 25.5. The van der Waals surface area contributed by atoms with Crippen LogP contribution in [0.2, 0.25) is 0 Å². The van der Waals surface area contributed by atoms with Crippen molar-refractivity contribution in [3.05, 3.63) is 60.2 Å². The summed E-state index contributed by atoms with van der Waals surface area (Å²) in [5.74, 6) is -2.84. The molecule has 2 aromatic carbocycles. The highest BCUT2D eigenvalue weighted by atomic mass is 31.2. The second kappa shape index (κ2) is 12.0. The fraction of sp³-hybridized carbons (Fsp3) is 0.440. The number of rotatable bonds is 10. The standard InChI is InChI=1S/C25H29F3NO5P/c26-25(27,28)16-34-35(33,17-30)24(32)22(29-23(31)21-9-5-2-6-10-21)15-18-11-13-20(14-12-18)19-7-3-1-4-8-19/h1,3-4,7-8,11-14,17,21-22,24,32H,2,5-6,9-10,15-16H2,(H,29,31). The van der Waals surface area contributed by atoms with Gasteiger partial charge < -0.3 is 14.9 Å². The van der Waals surface area contributed by atoms with E-state index in [2.05, 4.69) is 9.84 Å². The van der Waals surface area contributed by atoms with Crippen molar-refractivity contribution in [1.82, 2.24) is 5.32 Å². The van der Waals surface area contributed by atoms with Gasteiger partial charge in [0.1, 0.15) is 0 Å². The zero-order valence-corrected chi connectivity index (χ0v) is 20.0. The minimum absolute atomic E-state index is 0.0537. The van der Waals surface area contributed by atoms with Crippen LogP contribution in [0.1, 0.15) is 37.7 Å². The molecule has 0 heterocycles.